The fourth-order valence-corrected chi connectivity index (χ4v) is 6.01. The van der Waals surface area contributed by atoms with Gasteiger partial charge in [-0.3, -0.25) is 0 Å². The van der Waals surface area contributed by atoms with Gasteiger partial charge >= 0.3 is 0 Å². The summed E-state index contributed by atoms with van der Waals surface area (Å²) in [6.07, 6.45) is 0. The van der Waals surface area contributed by atoms with E-state index in [0.29, 0.717) is 21.9 Å². The first-order valence-corrected chi connectivity index (χ1v) is 15.6. The van der Waals surface area contributed by atoms with Crippen molar-refractivity contribution in [3.63, 3.8) is 0 Å². The van der Waals surface area contributed by atoms with Crippen LogP contribution in [0, 0.1) is 0 Å². The number of fused-ring (bicyclic) bond motifs is 5. The second-order valence-electron chi connectivity index (χ2n) is 11.4. The van der Waals surface area contributed by atoms with Crippen LogP contribution >= 0.6 is 0 Å². The minimum atomic E-state index is -0.641. The number of furan rings is 1. The van der Waals surface area contributed by atoms with E-state index in [4.69, 9.17) is 44.0 Å². The molecule has 10 rings (SSSR count). The Labute approximate surface area is 321 Å². The van der Waals surface area contributed by atoms with Gasteiger partial charge in [-0.05, 0) is 74.1 Å². The van der Waals surface area contributed by atoms with Gasteiger partial charge in [-0.1, -0.05) is 145 Å². The van der Waals surface area contributed by atoms with Crippen molar-refractivity contribution in [1.29, 1.82) is 0 Å². The van der Waals surface area contributed by atoms with E-state index in [1.54, 1.807) is 54.6 Å². The molecule has 8 aromatic carbocycles. The number of para-hydroxylation sites is 1. The molecule has 0 fully saturated rings. The maximum absolute atomic E-state index is 9.24. The molecule has 51 heavy (non-hydrogen) atoms. The van der Waals surface area contributed by atoms with Gasteiger partial charge in [0.1, 0.15) is 11.2 Å². The van der Waals surface area contributed by atoms with E-state index < -0.39 is 109 Å². The molecular weight excluding hydrogens is 623 g/mol. The Hall–Kier alpha value is -6.91. The van der Waals surface area contributed by atoms with Gasteiger partial charge in [0.15, 0.2) is 17.5 Å². The van der Waals surface area contributed by atoms with Crippen LogP contribution in [0.4, 0.5) is 0 Å². The van der Waals surface area contributed by atoms with Crippen molar-refractivity contribution in [2.75, 3.05) is 0 Å². The Morgan fingerprint density at radius 2 is 1.08 bits per heavy atom. The molecule has 0 bridgehead atoms. The number of hydrogen-bond acceptors (Lipinski definition) is 4. The normalized spacial score (nSPS) is 16.7. The molecule has 0 spiro atoms. The van der Waals surface area contributed by atoms with Crippen LogP contribution < -0.4 is 0 Å². The molecule has 0 atom stereocenters. The Bertz CT molecular complexity index is 4000. The third-order valence-electron chi connectivity index (χ3n) is 8.38. The summed E-state index contributed by atoms with van der Waals surface area (Å²) in [5, 5.41) is 0.340. The van der Waals surface area contributed by atoms with Crippen LogP contribution in [-0.2, 0) is 0 Å². The fraction of sp³-hybridized carbons (Fsp3) is 0. The smallest absolute Gasteiger partial charge is 0.164 e. The van der Waals surface area contributed by atoms with Crippen molar-refractivity contribution in [3.05, 3.63) is 175 Å². The zero-order valence-electron chi connectivity index (χ0n) is 45.0. The SMILES string of the molecule is [2H]c1c([2H])c([2H])c(-c2ccccc2-c2nc(-c3ccc4cc(-c5c([2H])c([2H])c6c([2H])c([2H])c([2H])c([2H])c6c5[2H])ccc4c3)nc(-c3c([2H])c([2H])c([2H])c4oc5c([2H])c([2H])c([2H])c([2H])c5c34)n2)c([2H])c1[2H]. The highest BCUT2D eigenvalue weighted by atomic mass is 16.3. The zero-order chi connectivity index (χ0) is 50.3. The molecule has 4 heteroatoms. The first kappa shape index (κ1) is 15.8. The molecule has 0 radical (unpaired) electrons. The number of benzene rings is 8. The second-order valence-corrected chi connectivity index (χ2v) is 11.4. The first-order valence-electron chi connectivity index (χ1n) is 25.1. The summed E-state index contributed by atoms with van der Waals surface area (Å²) >= 11 is 0. The average Bonchev–Trinajstić information content (AvgIpc) is 3.76. The van der Waals surface area contributed by atoms with Crippen LogP contribution in [-0.4, -0.2) is 15.0 Å². The third kappa shape index (κ3) is 5.13. The van der Waals surface area contributed by atoms with E-state index in [-0.39, 0.29) is 84.0 Å². The summed E-state index contributed by atoms with van der Waals surface area (Å²) in [6.45, 7) is 0. The van der Waals surface area contributed by atoms with Gasteiger partial charge in [0, 0.05) is 27.5 Å². The van der Waals surface area contributed by atoms with E-state index in [0.717, 1.165) is 0 Å². The highest BCUT2D eigenvalue weighted by Crippen LogP contribution is 2.38. The van der Waals surface area contributed by atoms with E-state index in [1.165, 1.54) is 6.07 Å². The highest BCUT2D eigenvalue weighted by molar-refractivity contribution is 6.11. The molecule has 2 aromatic heterocycles. The summed E-state index contributed by atoms with van der Waals surface area (Å²) < 4.78 is 169. The molecule has 4 nitrogen and oxygen atoms in total. The van der Waals surface area contributed by atoms with Gasteiger partial charge in [-0.25, -0.2) is 15.0 Å². The number of hydrogen-bond donors (Lipinski definition) is 0. The average molecular weight is 671 g/mol. The van der Waals surface area contributed by atoms with Gasteiger partial charge in [0.25, 0.3) is 0 Å². The summed E-state index contributed by atoms with van der Waals surface area (Å²) in [4.78, 5) is 14.4. The summed E-state index contributed by atoms with van der Waals surface area (Å²) in [5.41, 5.74) is -0.208. The topological polar surface area (TPSA) is 51.8 Å². The van der Waals surface area contributed by atoms with Crippen molar-refractivity contribution in [2.45, 2.75) is 0 Å². The molecule has 2 heterocycles. The number of nitrogens with zero attached hydrogens (tertiary/aromatic N) is 3. The Morgan fingerprint density at radius 1 is 0.412 bits per heavy atom. The molecule has 0 amide bonds. The second kappa shape index (κ2) is 11.9. The number of rotatable bonds is 5. The molecule has 0 saturated heterocycles. The largest absolute Gasteiger partial charge is 0.456 e. The predicted molar refractivity (Wildman–Crippen MR) is 209 cm³/mol. The lowest BCUT2D eigenvalue weighted by molar-refractivity contribution is 0.669. The Kier molecular flexibility index (Phi) is 3.68. The maximum Gasteiger partial charge on any atom is 0.164 e. The van der Waals surface area contributed by atoms with Crippen molar-refractivity contribution >= 4 is 43.5 Å². The van der Waals surface area contributed by atoms with Gasteiger partial charge in [0.2, 0.25) is 0 Å². The molecule has 0 aliphatic rings. The first-order chi connectivity index (χ1) is 33.2. The predicted octanol–water partition coefficient (Wildman–Crippen LogP) is 12.4. The van der Waals surface area contributed by atoms with Crippen molar-refractivity contribution in [1.82, 2.24) is 15.0 Å². The molecule has 0 saturated carbocycles. The molecule has 0 unspecified atom stereocenters. The fourth-order valence-electron chi connectivity index (χ4n) is 6.01. The molecular formula is C47H29N3O. The highest BCUT2D eigenvalue weighted by Gasteiger charge is 2.19. The van der Waals surface area contributed by atoms with E-state index in [2.05, 4.69) is 0 Å². The maximum atomic E-state index is 9.24. The molecule has 0 aliphatic heterocycles. The van der Waals surface area contributed by atoms with Crippen molar-refractivity contribution < 1.29 is 30.5 Å². The Balaban J connectivity index is 1.24. The van der Waals surface area contributed by atoms with Gasteiger partial charge < -0.3 is 4.42 Å². The van der Waals surface area contributed by atoms with Crippen LogP contribution in [0.5, 0.6) is 0 Å². The molecule has 238 valence electrons. The summed E-state index contributed by atoms with van der Waals surface area (Å²) in [7, 11) is 0. The number of aromatic nitrogens is 3. The van der Waals surface area contributed by atoms with Gasteiger partial charge in [-0.15, -0.1) is 0 Å². The van der Waals surface area contributed by atoms with E-state index >= 15 is 0 Å². The lowest BCUT2D eigenvalue weighted by Crippen LogP contribution is -2.01. The Morgan fingerprint density at radius 3 is 1.94 bits per heavy atom. The molecule has 0 aliphatic carbocycles. The van der Waals surface area contributed by atoms with Crippen LogP contribution in [0.25, 0.3) is 99.9 Å². The van der Waals surface area contributed by atoms with Crippen LogP contribution in [0.3, 0.4) is 0 Å². The van der Waals surface area contributed by atoms with Crippen molar-refractivity contribution in [3.8, 4) is 56.4 Å². The van der Waals surface area contributed by atoms with Crippen molar-refractivity contribution in [2.24, 2.45) is 0 Å². The quantitative estimate of drug-likeness (QED) is 0.183. The minimum absolute atomic E-state index is 0.0281. The molecule has 10 aromatic rings. The zero-order valence-corrected chi connectivity index (χ0v) is 26.0. The third-order valence-corrected chi connectivity index (χ3v) is 8.38. The van der Waals surface area contributed by atoms with Crippen LogP contribution in [0.1, 0.15) is 26.0 Å². The van der Waals surface area contributed by atoms with Crippen LogP contribution in [0.15, 0.2) is 180 Å². The summed E-state index contributed by atoms with van der Waals surface area (Å²) in [6, 6.07) is 5.71. The minimum Gasteiger partial charge on any atom is -0.456 e. The van der Waals surface area contributed by atoms with E-state index in [1.807, 2.05) is 0 Å². The van der Waals surface area contributed by atoms with Gasteiger partial charge in [0.05, 0.1) is 26.0 Å². The van der Waals surface area contributed by atoms with Crippen LogP contribution in [0.2, 0.25) is 0 Å². The lowest BCUT2D eigenvalue weighted by atomic mass is 9.97. The monoisotopic (exact) mass is 670 g/mol. The molecule has 0 N–H and O–H groups in total. The van der Waals surface area contributed by atoms with Gasteiger partial charge in [-0.2, -0.15) is 0 Å². The lowest BCUT2D eigenvalue weighted by Gasteiger charge is -2.13. The standard InChI is InChI=1S/C47H29N3O/c1-2-12-31(13-3-1)38-15-6-7-16-39(38)46-48-45(49-47(50-46)41-18-10-20-43-44(41)40-17-8-9-19-42(40)51-43)37-26-25-35-28-34(23-24-36(35)29-37)33-22-21-30-11-4-5-14-32(30)27-33/h1-29H/i1D,2D,3D,4D,5D,8D,9D,10D,11D,12D,13D,14D,17D,18D,19D,20D,21D,22D,27D. The summed E-state index contributed by atoms with van der Waals surface area (Å²) in [5.74, 6) is -0.515. The van der Waals surface area contributed by atoms with E-state index in [9.17, 15) is 1.37 Å².